The Bertz CT molecular complexity index is 871. The Morgan fingerprint density at radius 1 is 1.18 bits per heavy atom. The zero-order valence-corrected chi connectivity index (χ0v) is 20.8. The first kappa shape index (κ1) is 25.2. The minimum absolute atomic E-state index is 0.0158. The monoisotopic (exact) mass is 476 g/mol. The number of ether oxygens (including phenoxy) is 2. The molecule has 4 fully saturated rings. The summed E-state index contributed by atoms with van der Waals surface area (Å²) in [6.45, 7) is 12.2. The number of nitrogens with one attached hydrogen (secondary N) is 1. The lowest BCUT2D eigenvalue weighted by Gasteiger charge is -2.61. The van der Waals surface area contributed by atoms with Crippen molar-refractivity contribution < 1.29 is 29.0 Å². The van der Waals surface area contributed by atoms with Crippen molar-refractivity contribution in [2.24, 2.45) is 39.7 Å². The molecule has 8 atom stereocenters. The molecular weight excluding hydrogens is 436 g/mol. The second-order valence-electron chi connectivity index (χ2n) is 11.9. The van der Waals surface area contributed by atoms with Gasteiger partial charge >= 0.3 is 12.2 Å². The number of carbonyl (C=O) groups excluding carboxylic acids is 3. The number of aliphatic hydroxyl groups excluding tert-OH is 1. The fourth-order valence-electron chi connectivity index (χ4n) is 7.63. The quantitative estimate of drug-likeness (QED) is 0.530. The van der Waals surface area contributed by atoms with Gasteiger partial charge in [-0.3, -0.25) is 4.79 Å². The topological polar surface area (TPSA) is 128 Å². The van der Waals surface area contributed by atoms with Crippen LogP contribution in [0.2, 0.25) is 0 Å². The van der Waals surface area contributed by atoms with E-state index in [-0.39, 0.29) is 41.1 Å². The van der Waals surface area contributed by atoms with Crippen LogP contribution in [0.1, 0.15) is 72.6 Å². The van der Waals surface area contributed by atoms with E-state index in [9.17, 15) is 19.5 Å². The van der Waals surface area contributed by atoms with Crippen LogP contribution in [0.25, 0.3) is 0 Å². The first-order valence-corrected chi connectivity index (χ1v) is 12.7. The van der Waals surface area contributed by atoms with Crippen LogP contribution in [0.5, 0.6) is 0 Å². The third-order valence-corrected chi connectivity index (χ3v) is 10.2. The van der Waals surface area contributed by atoms with Crippen molar-refractivity contribution in [2.75, 3.05) is 0 Å². The standard InChI is InChI=1S/C26H40N2O6/c1-6-24(4)13-19(34-23(32)28-22(31)33-17-11-16(27)12-17)25(5)14(2)7-9-26(15(3)21(24)30)10-8-18(29)20(25)26/h6,14-17,19-21,30H,1,7-13,27H2,2-5H3,(H,28,31,32)/t14?,15-,16?,17?,19+,20-,21-,24+,25-,26-/m0/s1. The zero-order valence-electron chi connectivity index (χ0n) is 20.8. The maximum atomic E-state index is 13.4. The number of alkyl carbamates (subject to hydrolysis) is 2. The first-order valence-electron chi connectivity index (χ1n) is 12.7. The number of carbonyl (C=O) groups is 3. The Labute approximate surface area is 202 Å². The SMILES string of the molecule is C=C[C@]1(C)C[C@@H](OC(=O)NC(=O)OC2CC(N)C2)[C@]2(C)C(C)CC[C@]3(CCC(=O)[C@H]32)[C@@H](C)[C@@H]1O. The summed E-state index contributed by atoms with van der Waals surface area (Å²) < 4.78 is 11.2. The van der Waals surface area contributed by atoms with Crippen molar-refractivity contribution in [3.8, 4) is 0 Å². The molecule has 0 spiro atoms. The Morgan fingerprint density at radius 3 is 2.44 bits per heavy atom. The summed E-state index contributed by atoms with van der Waals surface area (Å²) in [6.07, 6.45) is 2.66. The molecule has 2 amide bonds. The van der Waals surface area contributed by atoms with Gasteiger partial charge in [0.15, 0.2) is 0 Å². The van der Waals surface area contributed by atoms with Crippen LogP contribution >= 0.6 is 0 Å². The molecule has 0 aromatic rings. The molecule has 190 valence electrons. The summed E-state index contributed by atoms with van der Waals surface area (Å²) >= 11 is 0. The van der Waals surface area contributed by atoms with E-state index < -0.39 is 35.2 Å². The average Bonchev–Trinajstić information content (AvgIpc) is 3.11. The molecule has 2 bridgehead atoms. The van der Waals surface area contributed by atoms with Gasteiger partial charge in [0, 0.05) is 29.2 Å². The van der Waals surface area contributed by atoms with E-state index in [4.69, 9.17) is 15.2 Å². The molecule has 4 rings (SSSR count). The van der Waals surface area contributed by atoms with E-state index in [1.165, 1.54) is 0 Å². The summed E-state index contributed by atoms with van der Waals surface area (Å²) in [6, 6.07) is 0.0158. The van der Waals surface area contributed by atoms with Crippen molar-refractivity contribution in [3.63, 3.8) is 0 Å². The lowest BCUT2D eigenvalue weighted by atomic mass is 9.44. The molecule has 4 saturated carbocycles. The third kappa shape index (κ3) is 3.77. The number of aliphatic hydroxyl groups is 1. The van der Waals surface area contributed by atoms with E-state index >= 15 is 0 Å². The predicted octanol–water partition coefficient (Wildman–Crippen LogP) is 3.70. The molecule has 4 aliphatic carbocycles. The fraction of sp³-hybridized carbons (Fsp3) is 0.808. The first-order chi connectivity index (χ1) is 15.9. The number of imide groups is 1. The maximum absolute atomic E-state index is 13.4. The second-order valence-corrected chi connectivity index (χ2v) is 11.9. The molecule has 8 nitrogen and oxygen atoms in total. The maximum Gasteiger partial charge on any atom is 0.416 e. The number of Topliss-reactive ketones (excluding diaryl/α,β-unsaturated/α-hetero) is 1. The lowest BCUT2D eigenvalue weighted by molar-refractivity contribution is -0.191. The number of amides is 2. The van der Waals surface area contributed by atoms with Gasteiger partial charge in [-0.1, -0.05) is 33.8 Å². The Balaban J connectivity index is 1.64. The molecule has 0 aromatic carbocycles. The zero-order chi connectivity index (χ0) is 25.1. The normalized spacial score (nSPS) is 47.9. The van der Waals surface area contributed by atoms with Crippen LogP contribution in [0, 0.1) is 34.0 Å². The van der Waals surface area contributed by atoms with Crippen LogP contribution in [-0.2, 0) is 14.3 Å². The summed E-state index contributed by atoms with van der Waals surface area (Å²) in [5, 5.41) is 13.7. The lowest BCUT2D eigenvalue weighted by Crippen LogP contribution is -2.63. The summed E-state index contributed by atoms with van der Waals surface area (Å²) in [7, 11) is 0. The highest BCUT2D eigenvalue weighted by molar-refractivity contribution is 5.88. The summed E-state index contributed by atoms with van der Waals surface area (Å²) in [5.74, 6) is -0.114. The molecule has 0 saturated heterocycles. The molecule has 34 heavy (non-hydrogen) atoms. The van der Waals surface area contributed by atoms with E-state index in [1.807, 2.05) is 6.92 Å². The minimum Gasteiger partial charge on any atom is -0.446 e. The number of hydrogen-bond acceptors (Lipinski definition) is 7. The van der Waals surface area contributed by atoms with Crippen molar-refractivity contribution >= 4 is 18.0 Å². The van der Waals surface area contributed by atoms with Gasteiger partial charge in [0.25, 0.3) is 0 Å². The Morgan fingerprint density at radius 2 is 1.82 bits per heavy atom. The van der Waals surface area contributed by atoms with Crippen LogP contribution in [0.4, 0.5) is 9.59 Å². The second kappa shape index (κ2) is 8.63. The molecule has 0 radical (unpaired) electrons. The fourth-order valence-corrected chi connectivity index (χ4v) is 7.63. The third-order valence-electron chi connectivity index (χ3n) is 10.2. The molecule has 4 aliphatic rings. The summed E-state index contributed by atoms with van der Waals surface area (Å²) in [4.78, 5) is 38.5. The van der Waals surface area contributed by atoms with Crippen LogP contribution in [0.3, 0.4) is 0 Å². The van der Waals surface area contributed by atoms with Crippen LogP contribution < -0.4 is 11.1 Å². The molecule has 4 N–H and O–H groups in total. The smallest absolute Gasteiger partial charge is 0.416 e. The van der Waals surface area contributed by atoms with Gasteiger partial charge in [-0.05, 0) is 55.8 Å². The van der Waals surface area contributed by atoms with Gasteiger partial charge < -0.3 is 20.3 Å². The van der Waals surface area contributed by atoms with Gasteiger partial charge in [-0.25, -0.2) is 14.9 Å². The van der Waals surface area contributed by atoms with Gasteiger partial charge in [-0.2, -0.15) is 0 Å². The van der Waals surface area contributed by atoms with E-state index in [0.29, 0.717) is 25.7 Å². The van der Waals surface area contributed by atoms with Crippen LogP contribution in [-0.4, -0.2) is 47.4 Å². The average molecular weight is 477 g/mol. The molecule has 0 aromatic heterocycles. The molecule has 8 heteroatoms. The predicted molar refractivity (Wildman–Crippen MR) is 126 cm³/mol. The molecule has 1 unspecified atom stereocenters. The van der Waals surface area contributed by atoms with Gasteiger partial charge in [-0.15, -0.1) is 6.58 Å². The van der Waals surface area contributed by atoms with Crippen molar-refractivity contribution in [3.05, 3.63) is 12.7 Å². The highest BCUT2D eigenvalue weighted by Crippen LogP contribution is 2.67. The highest BCUT2D eigenvalue weighted by Gasteiger charge is 2.68. The van der Waals surface area contributed by atoms with Crippen molar-refractivity contribution in [1.82, 2.24) is 5.32 Å². The number of ketones is 1. The summed E-state index contributed by atoms with van der Waals surface area (Å²) in [5.41, 5.74) is 4.02. The van der Waals surface area contributed by atoms with Gasteiger partial charge in [0.2, 0.25) is 0 Å². The van der Waals surface area contributed by atoms with Gasteiger partial charge in [0.1, 0.15) is 18.0 Å². The molecule has 0 heterocycles. The Kier molecular flexibility index (Phi) is 6.39. The minimum atomic E-state index is -0.900. The number of rotatable bonds is 3. The molecule has 0 aliphatic heterocycles. The molecular formula is C26H40N2O6. The van der Waals surface area contributed by atoms with E-state index in [2.05, 4.69) is 32.7 Å². The van der Waals surface area contributed by atoms with Crippen LogP contribution in [0.15, 0.2) is 12.7 Å². The van der Waals surface area contributed by atoms with Gasteiger partial charge in [0.05, 0.1) is 6.10 Å². The number of nitrogens with two attached hydrogens (primary N) is 1. The highest BCUT2D eigenvalue weighted by atomic mass is 16.6. The van der Waals surface area contributed by atoms with E-state index in [0.717, 1.165) is 19.3 Å². The van der Waals surface area contributed by atoms with E-state index in [1.54, 1.807) is 6.08 Å². The van der Waals surface area contributed by atoms with Crippen molar-refractivity contribution in [1.29, 1.82) is 0 Å². The number of hydrogen-bond donors (Lipinski definition) is 3. The van der Waals surface area contributed by atoms with Crippen molar-refractivity contribution in [2.45, 2.75) is 97.0 Å². The Hall–Kier alpha value is -1.93. The largest absolute Gasteiger partial charge is 0.446 e.